The van der Waals surface area contributed by atoms with Crippen molar-refractivity contribution < 1.29 is 4.79 Å². The molecule has 1 atom stereocenters. The van der Waals surface area contributed by atoms with Crippen LogP contribution < -0.4 is 11.1 Å². The number of carbonyl (C=O) groups is 1. The number of hydrogen-bond acceptors (Lipinski definition) is 4. The summed E-state index contributed by atoms with van der Waals surface area (Å²) in [5, 5.41) is 2.99. The van der Waals surface area contributed by atoms with Gasteiger partial charge < -0.3 is 15.6 Å². The topological polar surface area (TPSA) is 85.8 Å². The first kappa shape index (κ1) is 14.0. The first-order chi connectivity index (χ1) is 9.61. The van der Waals surface area contributed by atoms with Crippen LogP contribution in [0.15, 0.2) is 30.7 Å². The summed E-state index contributed by atoms with van der Waals surface area (Å²) in [6.07, 6.45) is 6.87. The standard InChI is InChI=1S/C14H19N5O/c1-3-4-11(13-16-7-8-19(13)2)18-14(20)10-5-6-12(15)17-9-10/h5-9,11H,3-4H2,1-2H3,(H2,15,17)(H,18,20)/t11-/m0/s1. The molecule has 0 aromatic carbocycles. The highest BCUT2D eigenvalue weighted by molar-refractivity contribution is 5.94. The van der Waals surface area contributed by atoms with Crippen molar-refractivity contribution in [2.24, 2.45) is 7.05 Å². The van der Waals surface area contributed by atoms with E-state index in [1.165, 1.54) is 6.20 Å². The maximum absolute atomic E-state index is 12.2. The van der Waals surface area contributed by atoms with Crippen LogP contribution in [0.3, 0.4) is 0 Å². The van der Waals surface area contributed by atoms with Gasteiger partial charge >= 0.3 is 0 Å². The Kier molecular flexibility index (Phi) is 4.34. The Bertz CT molecular complexity index is 576. The molecule has 0 saturated heterocycles. The molecule has 0 fully saturated rings. The maximum atomic E-state index is 12.2. The quantitative estimate of drug-likeness (QED) is 0.867. The van der Waals surface area contributed by atoms with Crippen molar-refractivity contribution in [2.75, 3.05) is 5.73 Å². The first-order valence-corrected chi connectivity index (χ1v) is 6.61. The van der Waals surface area contributed by atoms with Crippen molar-refractivity contribution in [3.8, 4) is 0 Å². The molecule has 2 aromatic rings. The maximum Gasteiger partial charge on any atom is 0.253 e. The molecule has 106 valence electrons. The monoisotopic (exact) mass is 273 g/mol. The number of nitrogens with zero attached hydrogens (tertiary/aromatic N) is 3. The molecule has 0 saturated carbocycles. The average Bonchev–Trinajstić information content (AvgIpc) is 2.85. The van der Waals surface area contributed by atoms with Gasteiger partial charge in [0.05, 0.1) is 11.6 Å². The fourth-order valence-corrected chi connectivity index (χ4v) is 2.05. The lowest BCUT2D eigenvalue weighted by molar-refractivity contribution is 0.0931. The number of hydrogen-bond donors (Lipinski definition) is 2. The molecule has 0 spiro atoms. The minimum atomic E-state index is -0.168. The van der Waals surface area contributed by atoms with Gasteiger partial charge in [-0.2, -0.15) is 0 Å². The summed E-state index contributed by atoms with van der Waals surface area (Å²) >= 11 is 0. The van der Waals surface area contributed by atoms with Gasteiger partial charge in [0.25, 0.3) is 5.91 Å². The van der Waals surface area contributed by atoms with Gasteiger partial charge in [0, 0.05) is 25.6 Å². The van der Waals surface area contributed by atoms with Gasteiger partial charge in [-0.15, -0.1) is 0 Å². The Balaban J connectivity index is 2.14. The van der Waals surface area contributed by atoms with E-state index < -0.39 is 0 Å². The van der Waals surface area contributed by atoms with Crippen LogP contribution in [0.4, 0.5) is 5.82 Å². The summed E-state index contributed by atoms with van der Waals surface area (Å²) < 4.78 is 1.92. The molecular weight excluding hydrogens is 254 g/mol. The molecule has 0 aliphatic carbocycles. The lowest BCUT2D eigenvalue weighted by Gasteiger charge is -2.17. The van der Waals surface area contributed by atoms with Crippen molar-refractivity contribution in [1.82, 2.24) is 19.9 Å². The third-order valence-corrected chi connectivity index (χ3v) is 3.10. The number of aryl methyl sites for hydroxylation is 1. The molecule has 2 aromatic heterocycles. The number of nitrogens with one attached hydrogen (secondary N) is 1. The zero-order valence-electron chi connectivity index (χ0n) is 11.7. The molecule has 0 unspecified atom stereocenters. The van der Waals surface area contributed by atoms with E-state index in [0.29, 0.717) is 11.4 Å². The Morgan fingerprint density at radius 2 is 2.25 bits per heavy atom. The highest BCUT2D eigenvalue weighted by Gasteiger charge is 2.18. The number of carbonyl (C=O) groups excluding carboxylic acids is 1. The summed E-state index contributed by atoms with van der Waals surface area (Å²) in [5.74, 6) is 1.08. The number of amides is 1. The van der Waals surface area contributed by atoms with Gasteiger partial charge in [-0.05, 0) is 18.6 Å². The number of pyridine rings is 1. The highest BCUT2D eigenvalue weighted by Crippen LogP contribution is 2.17. The number of nitrogens with two attached hydrogens (primary N) is 1. The van der Waals surface area contributed by atoms with E-state index in [-0.39, 0.29) is 11.9 Å². The van der Waals surface area contributed by atoms with Crippen molar-refractivity contribution in [3.63, 3.8) is 0 Å². The second-order valence-electron chi connectivity index (χ2n) is 4.68. The van der Waals surface area contributed by atoms with Gasteiger partial charge in [-0.1, -0.05) is 13.3 Å². The summed E-state index contributed by atoms with van der Waals surface area (Å²) in [7, 11) is 1.92. The van der Waals surface area contributed by atoms with Crippen molar-refractivity contribution in [3.05, 3.63) is 42.1 Å². The molecule has 1 amide bonds. The van der Waals surface area contributed by atoms with E-state index in [0.717, 1.165) is 18.7 Å². The largest absolute Gasteiger partial charge is 0.384 e. The summed E-state index contributed by atoms with van der Waals surface area (Å²) in [5.41, 5.74) is 6.01. The van der Waals surface area contributed by atoms with Gasteiger partial charge in [0.15, 0.2) is 0 Å². The van der Waals surface area contributed by atoms with Crippen LogP contribution in [0.1, 0.15) is 42.0 Å². The number of nitrogen functional groups attached to an aromatic ring is 1. The molecule has 3 N–H and O–H groups in total. The van der Waals surface area contributed by atoms with Crippen LogP contribution in [0, 0.1) is 0 Å². The molecule has 6 heteroatoms. The molecule has 2 heterocycles. The fraction of sp³-hybridized carbons (Fsp3) is 0.357. The second kappa shape index (κ2) is 6.18. The van der Waals surface area contributed by atoms with Crippen LogP contribution in [0.5, 0.6) is 0 Å². The van der Waals surface area contributed by atoms with E-state index in [1.54, 1.807) is 18.3 Å². The summed E-state index contributed by atoms with van der Waals surface area (Å²) in [6.45, 7) is 2.08. The normalized spacial score (nSPS) is 12.1. The smallest absolute Gasteiger partial charge is 0.253 e. The average molecular weight is 273 g/mol. The van der Waals surface area contributed by atoms with E-state index in [1.807, 2.05) is 17.8 Å². The number of rotatable bonds is 5. The van der Waals surface area contributed by atoms with E-state index >= 15 is 0 Å². The Hall–Kier alpha value is -2.37. The second-order valence-corrected chi connectivity index (χ2v) is 4.68. The first-order valence-electron chi connectivity index (χ1n) is 6.61. The molecule has 2 rings (SSSR count). The Morgan fingerprint density at radius 1 is 1.45 bits per heavy atom. The van der Waals surface area contributed by atoms with Crippen LogP contribution in [-0.4, -0.2) is 20.4 Å². The predicted molar refractivity (Wildman–Crippen MR) is 77.0 cm³/mol. The van der Waals surface area contributed by atoms with E-state index in [9.17, 15) is 4.79 Å². The summed E-state index contributed by atoms with van der Waals surface area (Å²) in [6, 6.07) is 3.17. The lowest BCUT2D eigenvalue weighted by atomic mass is 10.1. The third kappa shape index (κ3) is 3.14. The number of aromatic nitrogens is 3. The van der Waals surface area contributed by atoms with Crippen LogP contribution in [0.2, 0.25) is 0 Å². The van der Waals surface area contributed by atoms with E-state index in [2.05, 4.69) is 22.2 Å². The molecule has 0 aliphatic heterocycles. The van der Waals surface area contributed by atoms with Crippen LogP contribution in [0.25, 0.3) is 0 Å². The van der Waals surface area contributed by atoms with Gasteiger partial charge in [0.1, 0.15) is 11.6 Å². The zero-order chi connectivity index (χ0) is 14.5. The minimum absolute atomic E-state index is 0.106. The van der Waals surface area contributed by atoms with Crippen molar-refractivity contribution in [1.29, 1.82) is 0 Å². The zero-order valence-corrected chi connectivity index (χ0v) is 11.7. The van der Waals surface area contributed by atoms with Gasteiger partial charge in [0.2, 0.25) is 0 Å². The molecule has 6 nitrogen and oxygen atoms in total. The fourth-order valence-electron chi connectivity index (χ4n) is 2.05. The highest BCUT2D eigenvalue weighted by atomic mass is 16.1. The number of imidazole rings is 1. The third-order valence-electron chi connectivity index (χ3n) is 3.10. The van der Waals surface area contributed by atoms with Crippen molar-refractivity contribution >= 4 is 11.7 Å². The molecular formula is C14H19N5O. The predicted octanol–water partition coefficient (Wildman–Crippen LogP) is 1.67. The molecule has 0 aliphatic rings. The SMILES string of the molecule is CCC[C@H](NC(=O)c1ccc(N)nc1)c1nccn1C. The van der Waals surface area contributed by atoms with Crippen LogP contribution >= 0.6 is 0 Å². The Labute approximate surface area is 118 Å². The van der Waals surface area contributed by atoms with Gasteiger partial charge in [-0.25, -0.2) is 9.97 Å². The molecule has 0 radical (unpaired) electrons. The van der Waals surface area contributed by atoms with Gasteiger partial charge in [-0.3, -0.25) is 4.79 Å². The Morgan fingerprint density at radius 3 is 2.80 bits per heavy atom. The molecule has 20 heavy (non-hydrogen) atoms. The van der Waals surface area contributed by atoms with Crippen molar-refractivity contribution in [2.45, 2.75) is 25.8 Å². The van der Waals surface area contributed by atoms with E-state index in [4.69, 9.17) is 5.73 Å². The minimum Gasteiger partial charge on any atom is -0.384 e. The summed E-state index contributed by atoms with van der Waals surface area (Å²) in [4.78, 5) is 20.5. The lowest BCUT2D eigenvalue weighted by Crippen LogP contribution is -2.30. The molecule has 0 bridgehead atoms. The number of anilines is 1. The van der Waals surface area contributed by atoms with Crippen LogP contribution in [-0.2, 0) is 7.05 Å².